The lowest BCUT2D eigenvalue weighted by Crippen LogP contribution is -2.16. The highest BCUT2D eigenvalue weighted by atomic mass is 35.5. The van der Waals surface area contributed by atoms with Crippen molar-refractivity contribution in [1.29, 1.82) is 0 Å². The van der Waals surface area contributed by atoms with Gasteiger partial charge in [0.1, 0.15) is 5.56 Å². The number of ketones is 1. The van der Waals surface area contributed by atoms with Crippen molar-refractivity contribution in [3.05, 3.63) is 61.9 Å². The van der Waals surface area contributed by atoms with Crippen LogP contribution >= 0.6 is 11.6 Å². The number of benzene rings is 1. The number of esters is 1. The van der Waals surface area contributed by atoms with Gasteiger partial charge < -0.3 is 9.30 Å². The van der Waals surface area contributed by atoms with Crippen LogP contribution < -0.4 is 0 Å². The Balaban J connectivity index is 2.16. The molecule has 8 heteroatoms. The molecule has 0 saturated carbocycles. The molecule has 2 rings (SSSR count). The zero-order valence-corrected chi connectivity index (χ0v) is 15.5. The Hall–Kier alpha value is -2.67. The maximum Gasteiger partial charge on any atom is 0.345 e. The zero-order chi connectivity index (χ0) is 19.4. The fourth-order valence-electron chi connectivity index (χ4n) is 2.77. The van der Waals surface area contributed by atoms with Crippen LogP contribution in [0.4, 0.5) is 5.69 Å². The molecule has 0 unspecified atom stereocenters. The van der Waals surface area contributed by atoms with Gasteiger partial charge in [-0.15, -0.1) is 0 Å². The number of nitrogens with zero attached hydrogens (tertiary/aromatic N) is 2. The van der Waals surface area contributed by atoms with Crippen LogP contribution in [0, 0.1) is 24.0 Å². The van der Waals surface area contributed by atoms with E-state index in [-0.39, 0.29) is 16.4 Å². The number of halogens is 1. The molecule has 1 heterocycles. The van der Waals surface area contributed by atoms with Gasteiger partial charge in [-0.05, 0) is 38.5 Å². The van der Waals surface area contributed by atoms with Gasteiger partial charge in [0.05, 0.1) is 4.92 Å². The maximum atomic E-state index is 12.4. The fraction of sp³-hybridized carbons (Fsp3) is 0.333. The molecule has 0 radical (unpaired) electrons. The van der Waals surface area contributed by atoms with Crippen molar-refractivity contribution in [1.82, 2.24) is 4.57 Å². The van der Waals surface area contributed by atoms with E-state index in [1.54, 1.807) is 6.07 Å². The quantitative estimate of drug-likeness (QED) is 0.313. The first-order chi connectivity index (χ1) is 12.3. The van der Waals surface area contributed by atoms with E-state index in [2.05, 4.69) is 0 Å². The molecular formula is C18H19ClN2O5. The van der Waals surface area contributed by atoms with Crippen molar-refractivity contribution in [2.75, 3.05) is 6.61 Å². The van der Waals surface area contributed by atoms with Crippen molar-refractivity contribution >= 4 is 29.0 Å². The lowest BCUT2D eigenvalue weighted by atomic mass is 10.1. The van der Waals surface area contributed by atoms with E-state index in [0.29, 0.717) is 5.56 Å². The largest absolute Gasteiger partial charge is 0.454 e. The van der Waals surface area contributed by atoms with Crippen LogP contribution in [0.25, 0.3) is 0 Å². The lowest BCUT2D eigenvalue weighted by Gasteiger charge is -2.08. The van der Waals surface area contributed by atoms with Crippen LogP contribution in [0.1, 0.15) is 45.4 Å². The molecule has 7 nitrogen and oxygen atoms in total. The van der Waals surface area contributed by atoms with Gasteiger partial charge in [-0.25, -0.2) is 4.79 Å². The van der Waals surface area contributed by atoms with E-state index < -0.39 is 23.2 Å². The summed E-state index contributed by atoms with van der Waals surface area (Å²) in [4.78, 5) is 34.9. The number of aromatic nitrogens is 1. The molecule has 0 aliphatic heterocycles. The monoisotopic (exact) mass is 378 g/mol. The average molecular weight is 379 g/mol. The van der Waals surface area contributed by atoms with Crippen molar-refractivity contribution in [2.24, 2.45) is 0 Å². The number of rotatable bonds is 7. The van der Waals surface area contributed by atoms with Gasteiger partial charge in [0, 0.05) is 34.6 Å². The predicted molar refractivity (Wildman–Crippen MR) is 96.9 cm³/mol. The average Bonchev–Trinajstić information content (AvgIpc) is 2.87. The third kappa shape index (κ3) is 4.11. The van der Waals surface area contributed by atoms with Crippen molar-refractivity contribution in [2.45, 2.75) is 33.7 Å². The number of nitro groups is 1. The van der Waals surface area contributed by atoms with Gasteiger partial charge in [0.25, 0.3) is 5.69 Å². The van der Waals surface area contributed by atoms with E-state index in [1.807, 2.05) is 25.3 Å². The number of aryl methyl sites for hydroxylation is 1. The van der Waals surface area contributed by atoms with Crippen LogP contribution in [-0.2, 0) is 11.3 Å². The molecule has 0 amide bonds. The molecule has 138 valence electrons. The summed E-state index contributed by atoms with van der Waals surface area (Å²) in [7, 11) is 0. The molecule has 0 fully saturated rings. The summed E-state index contributed by atoms with van der Waals surface area (Å²) in [5, 5.41) is 11.2. The van der Waals surface area contributed by atoms with Gasteiger partial charge >= 0.3 is 5.97 Å². The number of Topliss-reactive ketones (excluding diaryl/α,β-unsaturated/α-hetero) is 1. The van der Waals surface area contributed by atoms with E-state index in [0.717, 1.165) is 36.5 Å². The smallest absolute Gasteiger partial charge is 0.345 e. The normalized spacial score (nSPS) is 10.6. The first-order valence-electron chi connectivity index (χ1n) is 8.07. The van der Waals surface area contributed by atoms with Gasteiger partial charge in [-0.1, -0.05) is 18.5 Å². The van der Waals surface area contributed by atoms with Gasteiger partial charge in [-0.3, -0.25) is 14.9 Å². The third-order valence-corrected chi connectivity index (χ3v) is 4.27. The minimum absolute atomic E-state index is 0.164. The summed E-state index contributed by atoms with van der Waals surface area (Å²) in [6.45, 7) is 6.07. The first kappa shape index (κ1) is 19.7. The third-order valence-electron chi connectivity index (χ3n) is 4.03. The Bertz CT molecular complexity index is 873. The summed E-state index contributed by atoms with van der Waals surface area (Å²) in [5.74, 6) is -1.33. The fourth-order valence-corrected chi connectivity index (χ4v) is 2.94. The highest BCUT2D eigenvalue weighted by molar-refractivity contribution is 6.31. The Labute approximate surface area is 155 Å². The Morgan fingerprint density at radius 2 is 1.92 bits per heavy atom. The van der Waals surface area contributed by atoms with Crippen molar-refractivity contribution < 1.29 is 19.2 Å². The van der Waals surface area contributed by atoms with Gasteiger partial charge in [0.15, 0.2) is 6.61 Å². The number of carbonyl (C=O) groups excluding carboxylic acids is 2. The highest BCUT2D eigenvalue weighted by Gasteiger charge is 2.23. The van der Waals surface area contributed by atoms with E-state index in [1.165, 1.54) is 6.07 Å². The summed E-state index contributed by atoms with van der Waals surface area (Å²) < 4.78 is 7.02. The molecule has 0 aliphatic rings. The topological polar surface area (TPSA) is 91.4 Å². The molecule has 1 aromatic carbocycles. The second-order valence-corrected chi connectivity index (χ2v) is 6.29. The van der Waals surface area contributed by atoms with Crippen LogP contribution in [0.5, 0.6) is 0 Å². The summed E-state index contributed by atoms with van der Waals surface area (Å²) in [5.41, 5.74) is 1.52. The van der Waals surface area contributed by atoms with Crippen LogP contribution in [0.2, 0.25) is 5.02 Å². The summed E-state index contributed by atoms with van der Waals surface area (Å²) in [6.07, 6.45) is 0.928. The molecule has 0 aliphatic carbocycles. The molecule has 1 aromatic heterocycles. The number of nitro benzene ring substituents is 1. The molecule has 0 saturated heterocycles. The SMILES string of the molecule is CCCn1c(C)cc(C(=O)COC(=O)c2cc(Cl)ccc2[N+](=O)[O-])c1C. The van der Waals surface area contributed by atoms with E-state index in [9.17, 15) is 19.7 Å². The van der Waals surface area contributed by atoms with Gasteiger partial charge in [0.2, 0.25) is 5.78 Å². The second-order valence-electron chi connectivity index (χ2n) is 5.85. The van der Waals surface area contributed by atoms with E-state index >= 15 is 0 Å². The Kier molecular flexibility index (Phi) is 6.15. The predicted octanol–water partition coefficient (Wildman–Crippen LogP) is 4.12. The minimum atomic E-state index is -0.963. The van der Waals surface area contributed by atoms with Crippen LogP contribution in [-0.4, -0.2) is 27.8 Å². The molecular weight excluding hydrogens is 360 g/mol. The summed E-state index contributed by atoms with van der Waals surface area (Å²) in [6, 6.07) is 5.34. The number of carbonyl (C=O) groups is 2. The maximum absolute atomic E-state index is 12.4. The number of hydrogen-bond donors (Lipinski definition) is 0. The first-order valence-corrected chi connectivity index (χ1v) is 8.45. The minimum Gasteiger partial charge on any atom is -0.454 e. The lowest BCUT2D eigenvalue weighted by molar-refractivity contribution is -0.385. The standard InChI is InChI=1S/C18H19ClN2O5/c1-4-7-20-11(2)8-14(12(20)3)17(22)10-26-18(23)15-9-13(19)5-6-16(15)21(24)25/h5-6,8-9H,4,7,10H2,1-3H3. The molecule has 0 bridgehead atoms. The molecule has 26 heavy (non-hydrogen) atoms. The van der Waals surface area contributed by atoms with Crippen molar-refractivity contribution in [3.8, 4) is 0 Å². The number of hydrogen-bond acceptors (Lipinski definition) is 5. The second kappa shape index (κ2) is 8.14. The van der Waals surface area contributed by atoms with Gasteiger partial charge in [-0.2, -0.15) is 0 Å². The van der Waals surface area contributed by atoms with E-state index in [4.69, 9.17) is 16.3 Å². The molecule has 2 aromatic rings. The molecule has 0 spiro atoms. The Morgan fingerprint density at radius 3 is 2.54 bits per heavy atom. The summed E-state index contributed by atoms with van der Waals surface area (Å²) >= 11 is 5.79. The molecule has 0 atom stereocenters. The zero-order valence-electron chi connectivity index (χ0n) is 14.7. The van der Waals surface area contributed by atoms with Crippen molar-refractivity contribution in [3.63, 3.8) is 0 Å². The molecule has 0 N–H and O–H groups in total. The van der Waals surface area contributed by atoms with Crippen LogP contribution in [0.3, 0.4) is 0 Å². The number of ether oxygens (including phenoxy) is 1. The Morgan fingerprint density at radius 1 is 1.23 bits per heavy atom. The highest BCUT2D eigenvalue weighted by Crippen LogP contribution is 2.24. The van der Waals surface area contributed by atoms with Crippen LogP contribution in [0.15, 0.2) is 24.3 Å².